The maximum absolute atomic E-state index is 13.4. The van der Waals surface area contributed by atoms with Gasteiger partial charge in [0.05, 0.1) is 19.8 Å². The lowest BCUT2D eigenvalue weighted by atomic mass is 9.90. The molecule has 2 saturated heterocycles. The Morgan fingerprint density at radius 3 is 2.48 bits per heavy atom. The van der Waals surface area contributed by atoms with Crippen molar-refractivity contribution in [3.05, 3.63) is 54.2 Å². The highest BCUT2D eigenvalue weighted by atomic mass is 16.5. The fourth-order valence-electron chi connectivity index (χ4n) is 4.84. The number of carbonyl (C=O) groups excluding carboxylic acids is 1. The Balaban J connectivity index is 1.35. The summed E-state index contributed by atoms with van der Waals surface area (Å²) in [6.07, 6.45) is 7.02. The Kier molecular flexibility index (Phi) is 5.05. The van der Waals surface area contributed by atoms with Crippen molar-refractivity contribution < 1.29 is 18.8 Å². The first-order valence-electron chi connectivity index (χ1n) is 10.5. The molecule has 2 fully saturated rings. The van der Waals surface area contributed by atoms with Gasteiger partial charge in [-0.15, -0.1) is 0 Å². The van der Waals surface area contributed by atoms with Crippen LogP contribution in [0.1, 0.15) is 47.8 Å². The van der Waals surface area contributed by atoms with Gasteiger partial charge < -0.3 is 18.9 Å². The monoisotopic (exact) mass is 420 g/mol. The first-order chi connectivity index (χ1) is 15.2. The Bertz CT molecular complexity index is 1070. The molecule has 2 bridgehead atoms. The van der Waals surface area contributed by atoms with Crippen LogP contribution < -0.4 is 9.47 Å². The number of amides is 1. The summed E-state index contributed by atoms with van der Waals surface area (Å²) < 4.78 is 16.3. The summed E-state index contributed by atoms with van der Waals surface area (Å²) in [7, 11) is 3.17. The highest BCUT2D eigenvalue weighted by Crippen LogP contribution is 2.44. The minimum absolute atomic E-state index is 0.00783. The van der Waals surface area contributed by atoms with E-state index in [1.165, 1.54) is 0 Å². The van der Waals surface area contributed by atoms with Crippen LogP contribution in [-0.2, 0) is 0 Å². The molecule has 2 aliphatic rings. The number of benzene rings is 1. The second-order valence-corrected chi connectivity index (χ2v) is 8.02. The van der Waals surface area contributed by atoms with Crippen LogP contribution in [0.2, 0.25) is 0 Å². The van der Waals surface area contributed by atoms with Crippen molar-refractivity contribution in [3.63, 3.8) is 0 Å². The fraction of sp³-hybridized carbons (Fsp3) is 0.391. The Labute approximate surface area is 180 Å². The van der Waals surface area contributed by atoms with E-state index in [1.807, 2.05) is 17.0 Å². The van der Waals surface area contributed by atoms with Gasteiger partial charge in [0.2, 0.25) is 11.7 Å². The largest absolute Gasteiger partial charge is 0.497 e. The molecule has 0 radical (unpaired) electrons. The third kappa shape index (κ3) is 3.52. The number of pyridine rings is 1. The van der Waals surface area contributed by atoms with Crippen LogP contribution >= 0.6 is 0 Å². The van der Waals surface area contributed by atoms with Crippen molar-refractivity contribution >= 4 is 5.91 Å². The lowest BCUT2D eigenvalue weighted by Gasteiger charge is -2.38. The highest BCUT2D eigenvalue weighted by molar-refractivity contribution is 5.97. The van der Waals surface area contributed by atoms with Crippen molar-refractivity contribution in [2.45, 2.75) is 43.7 Å². The zero-order chi connectivity index (χ0) is 21.4. The number of fused-ring (bicyclic) bond motifs is 2. The zero-order valence-electron chi connectivity index (χ0n) is 17.5. The average molecular weight is 420 g/mol. The SMILES string of the molecule is COc1ccc(C(=O)N2[C@@H]3CC[C@H]2CC(c2nc(-c4ccncc4)no2)C3)c(OC)c1. The second-order valence-electron chi connectivity index (χ2n) is 8.02. The molecule has 3 aromatic rings. The summed E-state index contributed by atoms with van der Waals surface area (Å²) in [5.74, 6) is 2.58. The molecule has 2 aromatic heterocycles. The zero-order valence-corrected chi connectivity index (χ0v) is 17.5. The first kappa shape index (κ1) is 19.5. The van der Waals surface area contributed by atoms with E-state index < -0.39 is 0 Å². The molecule has 0 N–H and O–H groups in total. The minimum Gasteiger partial charge on any atom is -0.497 e. The Morgan fingerprint density at radius 2 is 1.81 bits per heavy atom. The van der Waals surface area contributed by atoms with Crippen molar-refractivity contribution in [2.75, 3.05) is 14.2 Å². The molecule has 1 amide bonds. The van der Waals surface area contributed by atoms with Gasteiger partial charge in [-0.2, -0.15) is 4.98 Å². The van der Waals surface area contributed by atoms with E-state index in [1.54, 1.807) is 44.8 Å². The molecule has 0 spiro atoms. The van der Waals surface area contributed by atoms with Gasteiger partial charge in [-0.1, -0.05) is 5.16 Å². The van der Waals surface area contributed by atoms with E-state index in [2.05, 4.69) is 15.1 Å². The van der Waals surface area contributed by atoms with E-state index in [0.29, 0.717) is 28.8 Å². The lowest BCUT2D eigenvalue weighted by Crippen LogP contribution is -2.46. The van der Waals surface area contributed by atoms with Crippen molar-refractivity contribution in [2.24, 2.45) is 0 Å². The Morgan fingerprint density at radius 1 is 1.06 bits per heavy atom. The van der Waals surface area contributed by atoms with Gasteiger partial charge in [0.15, 0.2) is 0 Å². The Hall–Kier alpha value is -3.42. The van der Waals surface area contributed by atoms with E-state index in [4.69, 9.17) is 14.0 Å². The normalized spacial score (nSPS) is 22.4. The molecule has 3 atom stereocenters. The van der Waals surface area contributed by atoms with Gasteiger partial charge in [-0.05, 0) is 49.9 Å². The number of piperidine rings is 1. The van der Waals surface area contributed by atoms with Gasteiger partial charge in [0, 0.05) is 42.0 Å². The number of ether oxygens (including phenoxy) is 2. The number of aromatic nitrogens is 3. The van der Waals surface area contributed by atoms with Gasteiger partial charge >= 0.3 is 0 Å². The predicted octanol–water partition coefficient (Wildman–Crippen LogP) is 3.70. The van der Waals surface area contributed by atoms with Crippen LogP contribution in [0.25, 0.3) is 11.4 Å². The van der Waals surface area contributed by atoms with Crippen LogP contribution in [0.3, 0.4) is 0 Å². The summed E-state index contributed by atoms with van der Waals surface area (Å²) in [5.41, 5.74) is 1.45. The van der Waals surface area contributed by atoms with Crippen LogP contribution in [0.15, 0.2) is 47.2 Å². The van der Waals surface area contributed by atoms with E-state index in [-0.39, 0.29) is 23.9 Å². The van der Waals surface area contributed by atoms with Crippen molar-refractivity contribution in [1.82, 2.24) is 20.0 Å². The minimum atomic E-state index is 0.00783. The lowest BCUT2D eigenvalue weighted by molar-refractivity contribution is 0.0551. The smallest absolute Gasteiger partial charge is 0.258 e. The summed E-state index contributed by atoms with van der Waals surface area (Å²) >= 11 is 0. The molecule has 8 nitrogen and oxygen atoms in total. The molecule has 1 unspecified atom stereocenters. The van der Waals surface area contributed by atoms with E-state index in [0.717, 1.165) is 31.2 Å². The van der Waals surface area contributed by atoms with E-state index in [9.17, 15) is 4.79 Å². The molecular formula is C23H24N4O4. The number of methoxy groups -OCH3 is 2. The molecule has 2 aliphatic heterocycles. The molecular weight excluding hydrogens is 396 g/mol. The second kappa shape index (κ2) is 8.02. The summed E-state index contributed by atoms with van der Waals surface area (Å²) in [6.45, 7) is 0. The van der Waals surface area contributed by atoms with Crippen LogP contribution in [0.4, 0.5) is 0 Å². The van der Waals surface area contributed by atoms with E-state index >= 15 is 0 Å². The summed E-state index contributed by atoms with van der Waals surface area (Å²) in [6, 6.07) is 9.36. The average Bonchev–Trinajstić information content (AvgIpc) is 3.41. The molecule has 31 heavy (non-hydrogen) atoms. The molecule has 4 heterocycles. The predicted molar refractivity (Wildman–Crippen MR) is 112 cm³/mol. The summed E-state index contributed by atoms with van der Waals surface area (Å²) in [4.78, 5) is 24.1. The molecule has 160 valence electrons. The molecule has 1 aromatic carbocycles. The van der Waals surface area contributed by atoms with Crippen LogP contribution in [0, 0.1) is 0 Å². The highest BCUT2D eigenvalue weighted by Gasteiger charge is 2.45. The third-order valence-electron chi connectivity index (χ3n) is 6.34. The van der Waals surface area contributed by atoms with Crippen LogP contribution in [-0.4, -0.2) is 52.2 Å². The van der Waals surface area contributed by atoms with Gasteiger partial charge in [0.25, 0.3) is 5.91 Å². The topological polar surface area (TPSA) is 90.6 Å². The molecule has 0 saturated carbocycles. The van der Waals surface area contributed by atoms with Gasteiger partial charge in [-0.3, -0.25) is 9.78 Å². The quantitative estimate of drug-likeness (QED) is 0.622. The molecule has 8 heteroatoms. The fourth-order valence-corrected chi connectivity index (χ4v) is 4.84. The molecule has 0 aliphatic carbocycles. The number of rotatable bonds is 5. The first-order valence-corrected chi connectivity index (χ1v) is 10.5. The number of nitrogens with zero attached hydrogens (tertiary/aromatic N) is 4. The standard InChI is InChI=1S/C23H24N4O4/c1-29-18-5-6-19(20(13-18)30-2)23(28)27-16-3-4-17(27)12-15(11-16)22-25-21(26-31-22)14-7-9-24-10-8-14/h5-10,13,15-17H,3-4,11-12H2,1-2H3/t15?,16-,17+. The maximum Gasteiger partial charge on any atom is 0.258 e. The third-order valence-corrected chi connectivity index (χ3v) is 6.34. The van der Waals surface area contributed by atoms with Crippen molar-refractivity contribution in [1.29, 1.82) is 0 Å². The molecule has 5 rings (SSSR count). The van der Waals surface area contributed by atoms with Gasteiger partial charge in [-0.25, -0.2) is 0 Å². The summed E-state index contributed by atoms with van der Waals surface area (Å²) in [5, 5.41) is 4.15. The number of carbonyl (C=O) groups is 1. The van der Waals surface area contributed by atoms with Gasteiger partial charge in [0.1, 0.15) is 11.5 Å². The van der Waals surface area contributed by atoms with Crippen molar-refractivity contribution in [3.8, 4) is 22.9 Å². The number of hydrogen-bond donors (Lipinski definition) is 0. The number of hydrogen-bond acceptors (Lipinski definition) is 7. The maximum atomic E-state index is 13.4. The van der Waals surface area contributed by atoms with Crippen LogP contribution in [0.5, 0.6) is 11.5 Å².